The van der Waals surface area contributed by atoms with Crippen molar-refractivity contribution < 1.29 is 4.52 Å². The molecule has 0 bridgehead atoms. The molecule has 3 rings (SSSR count). The van der Waals surface area contributed by atoms with Crippen LogP contribution in [0.15, 0.2) is 45.7 Å². The summed E-state index contributed by atoms with van der Waals surface area (Å²) in [6.45, 7) is 0. The van der Waals surface area contributed by atoms with E-state index in [9.17, 15) is 0 Å². The van der Waals surface area contributed by atoms with Gasteiger partial charge in [-0.1, -0.05) is 11.2 Å². The SMILES string of the molecule is Nc1c(Br)cccc1-c1nc(-c2ncccn2)no1. The van der Waals surface area contributed by atoms with E-state index in [0.29, 0.717) is 28.8 Å². The summed E-state index contributed by atoms with van der Waals surface area (Å²) < 4.78 is 5.98. The number of halogens is 1. The molecule has 2 N–H and O–H groups in total. The van der Waals surface area contributed by atoms with Gasteiger partial charge in [0.25, 0.3) is 5.89 Å². The Morgan fingerprint density at radius 3 is 2.63 bits per heavy atom. The van der Waals surface area contributed by atoms with Gasteiger partial charge < -0.3 is 10.3 Å². The molecule has 0 fully saturated rings. The third kappa shape index (κ3) is 2.19. The van der Waals surface area contributed by atoms with Crippen LogP contribution < -0.4 is 5.73 Å². The average Bonchev–Trinajstić information content (AvgIpc) is 2.92. The number of rotatable bonds is 2. The number of nitrogens with two attached hydrogens (primary N) is 1. The van der Waals surface area contributed by atoms with Crippen molar-refractivity contribution in [2.45, 2.75) is 0 Å². The van der Waals surface area contributed by atoms with Crippen molar-refractivity contribution in [3.05, 3.63) is 41.1 Å². The molecular formula is C12H8BrN5O. The summed E-state index contributed by atoms with van der Waals surface area (Å²) in [4.78, 5) is 12.4. The highest BCUT2D eigenvalue weighted by Gasteiger charge is 2.15. The number of hydrogen-bond donors (Lipinski definition) is 1. The molecular weight excluding hydrogens is 310 g/mol. The lowest BCUT2D eigenvalue weighted by atomic mass is 10.2. The minimum absolute atomic E-state index is 0.329. The van der Waals surface area contributed by atoms with E-state index in [1.54, 1.807) is 18.5 Å². The van der Waals surface area contributed by atoms with Crippen LogP contribution in [0.4, 0.5) is 5.69 Å². The number of aromatic nitrogens is 4. The first-order valence-corrected chi connectivity index (χ1v) is 6.20. The van der Waals surface area contributed by atoms with Crippen LogP contribution in [-0.4, -0.2) is 20.1 Å². The zero-order valence-electron chi connectivity index (χ0n) is 9.62. The molecule has 2 heterocycles. The van der Waals surface area contributed by atoms with Gasteiger partial charge in [0.2, 0.25) is 11.6 Å². The number of nitrogen functional groups attached to an aromatic ring is 1. The molecule has 19 heavy (non-hydrogen) atoms. The van der Waals surface area contributed by atoms with Crippen molar-refractivity contribution in [3.63, 3.8) is 0 Å². The first-order valence-electron chi connectivity index (χ1n) is 5.41. The van der Waals surface area contributed by atoms with Gasteiger partial charge in [-0.15, -0.1) is 0 Å². The second-order valence-electron chi connectivity index (χ2n) is 3.70. The van der Waals surface area contributed by atoms with Crippen molar-refractivity contribution in [2.24, 2.45) is 0 Å². The number of hydrogen-bond acceptors (Lipinski definition) is 6. The minimum Gasteiger partial charge on any atom is -0.397 e. The van der Waals surface area contributed by atoms with Gasteiger partial charge >= 0.3 is 0 Å². The standard InChI is InChI=1S/C12H8BrN5O/c13-8-4-1-3-7(9(8)14)12-17-11(18-19-12)10-15-5-2-6-16-10/h1-6H,14H2. The summed E-state index contributed by atoms with van der Waals surface area (Å²) in [6, 6.07) is 7.22. The highest BCUT2D eigenvalue weighted by molar-refractivity contribution is 9.10. The van der Waals surface area contributed by atoms with Crippen LogP contribution in [0.1, 0.15) is 0 Å². The van der Waals surface area contributed by atoms with Crippen LogP contribution in [0, 0.1) is 0 Å². The fourth-order valence-electron chi connectivity index (χ4n) is 1.56. The quantitative estimate of drug-likeness (QED) is 0.730. The molecule has 0 radical (unpaired) electrons. The van der Waals surface area contributed by atoms with Crippen molar-refractivity contribution in [2.75, 3.05) is 5.73 Å². The van der Waals surface area contributed by atoms with E-state index in [-0.39, 0.29) is 0 Å². The second kappa shape index (κ2) is 4.77. The molecule has 0 unspecified atom stereocenters. The number of benzene rings is 1. The van der Waals surface area contributed by atoms with E-state index in [2.05, 4.69) is 36.0 Å². The topological polar surface area (TPSA) is 90.7 Å². The Bertz CT molecular complexity index is 713. The fraction of sp³-hybridized carbons (Fsp3) is 0. The third-order valence-corrected chi connectivity index (χ3v) is 3.17. The maximum absolute atomic E-state index is 5.96. The predicted octanol–water partition coefficient (Wildman–Crippen LogP) is 2.54. The lowest BCUT2D eigenvalue weighted by molar-refractivity contribution is 0.432. The molecule has 0 saturated carbocycles. The minimum atomic E-state index is 0.329. The van der Waals surface area contributed by atoms with Crippen LogP contribution in [0.3, 0.4) is 0 Å². The lowest BCUT2D eigenvalue weighted by Crippen LogP contribution is -1.92. The average molecular weight is 318 g/mol. The summed E-state index contributed by atoms with van der Waals surface area (Å²) in [6.07, 6.45) is 3.23. The Morgan fingerprint density at radius 2 is 1.84 bits per heavy atom. The smallest absolute Gasteiger partial charge is 0.260 e. The summed E-state index contributed by atoms with van der Waals surface area (Å²) in [5, 5.41) is 3.85. The van der Waals surface area contributed by atoms with Gasteiger partial charge in [-0.05, 0) is 34.1 Å². The monoisotopic (exact) mass is 317 g/mol. The Kier molecular flexibility index (Phi) is 2.96. The molecule has 0 aliphatic heterocycles. The van der Waals surface area contributed by atoms with Crippen molar-refractivity contribution in [1.82, 2.24) is 20.1 Å². The molecule has 0 amide bonds. The van der Waals surface area contributed by atoms with E-state index in [0.717, 1.165) is 4.47 Å². The Hall–Kier alpha value is -2.28. The molecule has 7 heteroatoms. The Balaban J connectivity index is 2.05. The van der Waals surface area contributed by atoms with Crippen molar-refractivity contribution >= 4 is 21.6 Å². The van der Waals surface area contributed by atoms with Crippen LogP contribution in [0.25, 0.3) is 23.1 Å². The first kappa shape index (κ1) is 11.8. The van der Waals surface area contributed by atoms with Crippen LogP contribution in [0.2, 0.25) is 0 Å². The van der Waals surface area contributed by atoms with Gasteiger partial charge in [0.05, 0.1) is 11.3 Å². The normalized spacial score (nSPS) is 10.6. The maximum atomic E-state index is 5.96. The largest absolute Gasteiger partial charge is 0.397 e. The van der Waals surface area contributed by atoms with Gasteiger partial charge in [-0.2, -0.15) is 4.98 Å². The molecule has 0 aliphatic carbocycles. The van der Waals surface area contributed by atoms with Crippen molar-refractivity contribution in [3.8, 4) is 23.1 Å². The van der Waals surface area contributed by atoms with Gasteiger partial charge in [0, 0.05) is 16.9 Å². The molecule has 2 aromatic heterocycles. The molecule has 0 aliphatic rings. The van der Waals surface area contributed by atoms with E-state index in [1.807, 2.05) is 18.2 Å². The van der Waals surface area contributed by atoms with E-state index >= 15 is 0 Å². The predicted molar refractivity (Wildman–Crippen MR) is 72.9 cm³/mol. The summed E-state index contributed by atoms with van der Waals surface area (Å²) in [7, 11) is 0. The zero-order valence-corrected chi connectivity index (χ0v) is 11.2. The van der Waals surface area contributed by atoms with Crippen molar-refractivity contribution in [1.29, 1.82) is 0 Å². The van der Waals surface area contributed by atoms with E-state index < -0.39 is 0 Å². The van der Waals surface area contributed by atoms with Crippen LogP contribution in [0.5, 0.6) is 0 Å². The first-order chi connectivity index (χ1) is 9.25. The van der Waals surface area contributed by atoms with Gasteiger partial charge in [-0.25, -0.2) is 9.97 Å². The Morgan fingerprint density at radius 1 is 1.05 bits per heavy atom. The summed E-state index contributed by atoms with van der Waals surface area (Å²) in [5.74, 6) is 1.07. The highest BCUT2D eigenvalue weighted by atomic mass is 79.9. The molecule has 94 valence electrons. The van der Waals surface area contributed by atoms with Crippen LogP contribution >= 0.6 is 15.9 Å². The maximum Gasteiger partial charge on any atom is 0.260 e. The van der Waals surface area contributed by atoms with Gasteiger partial charge in [0.15, 0.2) is 0 Å². The zero-order chi connectivity index (χ0) is 13.2. The number of anilines is 1. The molecule has 3 aromatic rings. The molecule has 0 spiro atoms. The van der Waals surface area contributed by atoms with Gasteiger partial charge in [-0.3, -0.25) is 0 Å². The fourth-order valence-corrected chi connectivity index (χ4v) is 1.93. The molecule has 1 aromatic carbocycles. The van der Waals surface area contributed by atoms with Crippen LogP contribution in [-0.2, 0) is 0 Å². The summed E-state index contributed by atoms with van der Waals surface area (Å²) >= 11 is 3.36. The molecule has 0 atom stereocenters. The summed E-state index contributed by atoms with van der Waals surface area (Å²) in [5.41, 5.74) is 7.17. The molecule has 6 nitrogen and oxygen atoms in total. The Labute approximate surface area is 116 Å². The highest BCUT2D eigenvalue weighted by Crippen LogP contribution is 2.31. The van der Waals surface area contributed by atoms with E-state index in [4.69, 9.17) is 10.3 Å². The number of para-hydroxylation sites is 1. The number of nitrogens with zero attached hydrogens (tertiary/aromatic N) is 4. The van der Waals surface area contributed by atoms with E-state index in [1.165, 1.54) is 0 Å². The lowest BCUT2D eigenvalue weighted by Gasteiger charge is -2.01. The second-order valence-corrected chi connectivity index (χ2v) is 4.55. The molecule has 0 saturated heterocycles. The van der Waals surface area contributed by atoms with Gasteiger partial charge in [0.1, 0.15) is 0 Å². The third-order valence-electron chi connectivity index (χ3n) is 2.48.